The van der Waals surface area contributed by atoms with E-state index in [-0.39, 0.29) is 11.4 Å². The van der Waals surface area contributed by atoms with Crippen LogP contribution in [0.25, 0.3) is 0 Å². The van der Waals surface area contributed by atoms with Crippen LogP contribution in [0.1, 0.15) is 6.92 Å². The Morgan fingerprint density at radius 1 is 1.50 bits per heavy atom. The van der Waals surface area contributed by atoms with Crippen LogP contribution in [0.5, 0.6) is 0 Å². The number of rotatable bonds is 5. The number of carboxylic acid groups (broad SMARTS) is 1. The molecule has 1 aromatic rings. The standard InChI is InChI=1S/C11H14BrNO4S/c1-8(11(14)15)7-13(2)18(16,17)10-5-3-4-9(12)6-10/h3-6,8H,7H2,1-2H3,(H,14,15). The lowest BCUT2D eigenvalue weighted by Crippen LogP contribution is -2.33. The summed E-state index contributed by atoms with van der Waals surface area (Å²) in [7, 11) is -2.28. The molecule has 1 unspecified atom stereocenters. The highest BCUT2D eigenvalue weighted by molar-refractivity contribution is 9.10. The molecular weight excluding hydrogens is 322 g/mol. The zero-order valence-electron chi connectivity index (χ0n) is 10.00. The lowest BCUT2D eigenvalue weighted by Gasteiger charge is -2.19. The molecule has 7 heteroatoms. The van der Waals surface area contributed by atoms with E-state index in [9.17, 15) is 13.2 Å². The Kier molecular flexibility index (Phi) is 4.89. The molecule has 0 bridgehead atoms. The van der Waals surface area contributed by atoms with Crippen molar-refractivity contribution in [2.45, 2.75) is 11.8 Å². The van der Waals surface area contributed by atoms with E-state index >= 15 is 0 Å². The van der Waals surface area contributed by atoms with Gasteiger partial charge >= 0.3 is 5.97 Å². The molecule has 1 atom stereocenters. The number of nitrogens with zero attached hydrogens (tertiary/aromatic N) is 1. The van der Waals surface area contributed by atoms with Crippen LogP contribution < -0.4 is 0 Å². The highest BCUT2D eigenvalue weighted by Crippen LogP contribution is 2.19. The van der Waals surface area contributed by atoms with Gasteiger partial charge in [-0.15, -0.1) is 0 Å². The minimum atomic E-state index is -3.65. The number of hydrogen-bond acceptors (Lipinski definition) is 3. The summed E-state index contributed by atoms with van der Waals surface area (Å²) in [6.45, 7) is 1.40. The maximum atomic E-state index is 12.2. The molecule has 100 valence electrons. The van der Waals surface area contributed by atoms with Crippen LogP contribution in [0.2, 0.25) is 0 Å². The second kappa shape index (κ2) is 5.81. The van der Waals surface area contributed by atoms with Crippen LogP contribution in [-0.4, -0.2) is 37.4 Å². The van der Waals surface area contributed by atoms with Crippen LogP contribution in [0, 0.1) is 5.92 Å². The number of sulfonamides is 1. The van der Waals surface area contributed by atoms with E-state index in [1.807, 2.05) is 0 Å². The van der Waals surface area contributed by atoms with Crippen molar-refractivity contribution in [2.75, 3.05) is 13.6 Å². The number of carboxylic acids is 1. The molecule has 5 nitrogen and oxygen atoms in total. The summed E-state index contributed by atoms with van der Waals surface area (Å²) in [6.07, 6.45) is 0. The summed E-state index contributed by atoms with van der Waals surface area (Å²) in [6, 6.07) is 6.30. The van der Waals surface area contributed by atoms with Crippen LogP contribution in [-0.2, 0) is 14.8 Å². The van der Waals surface area contributed by atoms with E-state index < -0.39 is 21.9 Å². The van der Waals surface area contributed by atoms with Crippen LogP contribution in [0.15, 0.2) is 33.6 Å². The van der Waals surface area contributed by atoms with Crippen molar-refractivity contribution in [3.63, 3.8) is 0 Å². The Labute approximate surface area is 115 Å². The van der Waals surface area contributed by atoms with E-state index in [4.69, 9.17) is 5.11 Å². The Balaban J connectivity index is 2.97. The molecule has 1 aromatic carbocycles. The first-order chi connectivity index (χ1) is 8.25. The topological polar surface area (TPSA) is 74.7 Å². The molecule has 0 aliphatic carbocycles. The molecular formula is C11H14BrNO4S. The second-order valence-corrected chi connectivity index (χ2v) is 6.94. The number of benzene rings is 1. The summed E-state index contributed by atoms with van der Waals surface area (Å²) in [5.74, 6) is -1.77. The largest absolute Gasteiger partial charge is 0.481 e. The van der Waals surface area contributed by atoms with Gasteiger partial charge < -0.3 is 5.11 Å². The van der Waals surface area contributed by atoms with E-state index in [1.165, 1.54) is 26.1 Å². The fourth-order valence-electron chi connectivity index (χ4n) is 1.37. The van der Waals surface area contributed by atoms with Crippen LogP contribution in [0.4, 0.5) is 0 Å². The molecule has 0 saturated heterocycles. The van der Waals surface area contributed by atoms with Crippen molar-refractivity contribution in [3.8, 4) is 0 Å². The average Bonchev–Trinajstić information content (AvgIpc) is 2.28. The van der Waals surface area contributed by atoms with E-state index in [0.29, 0.717) is 4.47 Å². The molecule has 0 aliphatic rings. The van der Waals surface area contributed by atoms with E-state index in [2.05, 4.69) is 15.9 Å². The Bertz CT molecular complexity index is 544. The monoisotopic (exact) mass is 335 g/mol. The maximum absolute atomic E-state index is 12.2. The van der Waals surface area contributed by atoms with Crippen molar-refractivity contribution in [1.82, 2.24) is 4.31 Å². The van der Waals surface area contributed by atoms with Crippen LogP contribution >= 0.6 is 15.9 Å². The first-order valence-electron chi connectivity index (χ1n) is 5.20. The van der Waals surface area contributed by atoms with Gasteiger partial charge in [0.1, 0.15) is 0 Å². The summed E-state index contributed by atoms with van der Waals surface area (Å²) >= 11 is 3.20. The summed E-state index contributed by atoms with van der Waals surface area (Å²) in [5.41, 5.74) is 0. The second-order valence-electron chi connectivity index (χ2n) is 3.98. The predicted molar refractivity (Wildman–Crippen MR) is 70.8 cm³/mol. The van der Waals surface area contributed by atoms with Gasteiger partial charge in [0.05, 0.1) is 10.8 Å². The summed E-state index contributed by atoms with van der Waals surface area (Å²) < 4.78 is 26.0. The molecule has 0 fully saturated rings. The molecule has 0 radical (unpaired) electrons. The van der Waals surface area contributed by atoms with E-state index in [1.54, 1.807) is 12.1 Å². The van der Waals surface area contributed by atoms with Gasteiger partial charge in [-0.2, -0.15) is 0 Å². The fourth-order valence-corrected chi connectivity index (χ4v) is 3.23. The highest BCUT2D eigenvalue weighted by atomic mass is 79.9. The molecule has 0 spiro atoms. The van der Waals surface area contributed by atoms with E-state index in [0.717, 1.165) is 4.31 Å². The first kappa shape index (κ1) is 15.1. The molecule has 0 amide bonds. The molecule has 0 heterocycles. The molecule has 1 N–H and O–H groups in total. The number of carbonyl (C=O) groups is 1. The van der Waals surface area contributed by atoms with Gasteiger partial charge in [-0.1, -0.05) is 28.9 Å². The Morgan fingerprint density at radius 3 is 2.61 bits per heavy atom. The molecule has 0 aliphatic heterocycles. The van der Waals surface area contributed by atoms with Crippen molar-refractivity contribution in [1.29, 1.82) is 0 Å². The van der Waals surface area contributed by atoms with Gasteiger partial charge in [-0.3, -0.25) is 4.79 Å². The molecule has 0 aromatic heterocycles. The number of hydrogen-bond donors (Lipinski definition) is 1. The van der Waals surface area contributed by atoms with Crippen LogP contribution in [0.3, 0.4) is 0 Å². The maximum Gasteiger partial charge on any atom is 0.307 e. The van der Waals surface area contributed by atoms with Gasteiger partial charge in [-0.05, 0) is 18.2 Å². The third kappa shape index (κ3) is 3.54. The number of halogens is 1. The molecule has 0 saturated carbocycles. The smallest absolute Gasteiger partial charge is 0.307 e. The van der Waals surface area contributed by atoms with Gasteiger partial charge in [0.15, 0.2) is 0 Å². The van der Waals surface area contributed by atoms with Gasteiger partial charge in [0.25, 0.3) is 0 Å². The summed E-state index contributed by atoms with van der Waals surface area (Å²) in [4.78, 5) is 10.9. The highest BCUT2D eigenvalue weighted by Gasteiger charge is 2.24. The normalized spacial score (nSPS) is 13.6. The van der Waals surface area contributed by atoms with Crippen molar-refractivity contribution in [3.05, 3.63) is 28.7 Å². The van der Waals surface area contributed by atoms with Gasteiger partial charge in [-0.25, -0.2) is 12.7 Å². The van der Waals surface area contributed by atoms with Gasteiger partial charge in [0.2, 0.25) is 10.0 Å². The quantitative estimate of drug-likeness (QED) is 0.890. The number of aliphatic carboxylic acids is 1. The predicted octanol–water partition coefficient (Wildman–Crippen LogP) is 1.79. The zero-order valence-corrected chi connectivity index (χ0v) is 12.4. The Hall–Kier alpha value is -0.920. The summed E-state index contributed by atoms with van der Waals surface area (Å²) in [5, 5.41) is 8.78. The SMILES string of the molecule is CC(CN(C)S(=O)(=O)c1cccc(Br)c1)C(=O)O. The molecule has 1 rings (SSSR count). The van der Waals surface area contributed by atoms with Gasteiger partial charge in [0, 0.05) is 18.1 Å². The molecule has 18 heavy (non-hydrogen) atoms. The fraction of sp³-hybridized carbons (Fsp3) is 0.364. The third-order valence-corrected chi connectivity index (χ3v) is 4.77. The third-order valence-electron chi connectivity index (χ3n) is 2.46. The van der Waals surface area contributed by atoms with Crippen molar-refractivity contribution >= 4 is 31.9 Å². The minimum Gasteiger partial charge on any atom is -0.481 e. The Morgan fingerprint density at radius 2 is 2.11 bits per heavy atom. The average molecular weight is 336 g/mol. The lowest BCUT2D eigenvalue weighted by molar-refractivity contribution is -0.141. The lowest BCUT2D eigenvalue weighted by atomic mass is 10.2. The first-order valence-corrected chi connectivity index (χ1v) is 7.43. The van der Waals surface area contributed by atoms with Crippen molar-refractivity contribution < 1.29 is 18.3 Å². The minimum absolute atomic E-state index is 0.0653. The zero-order chi connectivity index (χ0) is 13.9. The van der Waals surface area contributed by atoms with Crippen molar-refractivity contribution in [2.24, 2.45) is 5.92 Å².